The summed E-state index contributed by atoms with van der Waals surface area (Å²) in [5, 5.41) is 9.12. The van der Waals surface area contributed by atoms with Crippen LogP contribution in [0.25, 0.3) is 0 Å². The average Bonchev–Trinajstić information content (AvgIpc) is 2.49. The van der Waals surface area contributed by atoms with E-state index in [9.17, 15) is 9.59 Å². The number of aromatic nitrogens is 2. The van der Waals surface area contributed by atoms with E-state index < -0.39 is 11.8 Å². The number of H-pyrrole nitrogens is 1. The summed E-state index contributed by atoms with van der Waals surface area (Å²) < 4.78 is 0.442. The summed E-state index contributed by atoms with van der Waals surface area (Å²) >= 11 is 10.8. The molecule has 2 rings (SSSR count). The third kappa shape index (κ3) is 1.94. The summed E-state index contributed by atoms with van der Waals surface area (Å²) in [5.74, 6) is -0.804. The normalized spacial score (nSPS) is 16.8. The topological polar surface area (TPSA) is 78.1 Å². The van der Waals surface area contributed by atoms with Crippen molar-refractivity contribution in [3.8, 4) is 0 Å². The molecule has 2 N–H and O–H groups in total. The van der Waals surface area contributed by atoms with E-state index in [1.54, 1.807) is 0 Å². The number of carbonyl (C=O) groups is 2. The minimum absolute atomic E-state index is 0.0361. The summed E-state index contributed by atoms with van der Waals surface area (Å²) in [4.78, 5) is 23.7. The first kappa shape index (κ1) is 10.3. The van der Waals surface area contributed by atoms with Crippen LogP contribution in [0.4, 0.5) is 5.13 Å². The number of aromatic amines is 1. The van der Waals surface area contributed by atoms with Crippen molar-refractivity contribution in [3.63, 3.8) is 0 Å². The molecule has 0 unspecified atom stereocenters. The highest BCUT2D eigenvalue weighted by molar-refractivity contribution is 7.80. The van der Waals surface area contributed by atoms with Crippen molar-refractivity contribution in [1.82, 2.24) is 15.5 Å². The predicted octanol–water partition coefficient (Wildman–Crippen LogP) is 0.338. The van der Waals surface area contributed by atoms with Gasteiger partial charge in [0.05, 0.1) is 0 Å². The maximum Gasteiger partial charge on any atom is 0.244 e. The molecule has 0 bridgehead atoms. The van der Waals surface area contributed by atoms with Gasteiger partial charge in [-0.25, -0.2) is 4.90 Å². The minimum Gasteiger partial charge on any atom is -0.302 e. The first-order chi connectivity index (χ1) is 7.08. The van der Waals surface area contributed by atoms with Gasteiger partial charge in [-0.15, -0.1) is 5.10 Å². The number of rotatable bonds is 1. The van der Waals surface area contributed by atoms with E-state index in [0.717, 1.165) is 16.2 Å². The Morgan fingerprint density at radius 2 is 2.13 bits per heavy atom. The van der Waals surface area contributed by atoms with Crippen LogP contribution in [0.5, 0.6) is 0 Å². The number of hydrogen-bond donors (Lipinski definition) is 2. The Morgan fingerprint density at radius 1 is 1.40 bits per heavy atom. The van der Waals surface area contributed by atoms with Crippen LogP contribution in [0.3, 0.4) is 0 Å². The molecule has 1 aromatic rings. The molecule has 1 fully saturated rings. The molecular formula is C6H4N4O2S3. The molecular weight excluding hydrogens is 256 g/mol. The lowest BCUT2D eigenvalue weighted by molar-refractivity contribution is -0.127. The van der Waals surface area contributed by atoms with Crippen molar-refractivity contribution < 1.29 is 9.59 Å². The highest BCUT2D eigenvalue weighted by atomic mass is 32.1. The quantitative estimate of drug-likeness (QED) is 0.562. The Morgan fingerprint density at radius 3 is 2.67 bits per heavy atom. The van der Waals surface area contributed by atoms with Crippen molar-refractivity contribution in [2.24, 2.45) is 0 Å². The number of carbonyl (C=O) groups excluding carboxylic acids is 2. The van der Waals surface area contributed by atoms with Crippen LogP contribution in [0.15, 0.2) is 0 Å². The minimum atomic E-state index is -0.402. The number of hydrogen-bond acceptors (Lipinski definition) is 6. The van der Waals surface area contributed by atoms with Crippen LogP contribution in [-0.2, 0) is 9.59 Å². The summed E-state index contributed by atoms with van der Waals surface area (Å²) in [6.45, 7) is 0. The maximum atomic E-state index is 11.5. The molecule has 0 radical (unpaired) electrons. The summed E-state index contributed by atoms with van der Waals surface area (Å²) in [6.07, 6.45) is -0.230. The van der Waals surface area contributed by atoms with Crippen molar-refractivity contribution in [3.05, 3.63) is 3.95 Å². The molecule has 1 aliphatic heterocycles. The van der Waals surface area contributed by atoms with Gasteiger partial charge < -0.3 is 5.32 Å². The maximum absolute atomic E-state index is 11.5. The van der Waals surface area contributed by atoms with Crippen LogP contribution in [0, 0.1) is 3.95 Å². The molecule has 2 heterocycles. The van der Waals surface area contributed by atoms with Gasteiger partial charge >= 0.3 is 0 Å². The standard InChI is InChI=1S/C6H4N4O2S3/c11-2-1-3(12)10(4(13)7-2)5-8-9-6(14)15-5/h1H2,(H,9,14)(H,7,11,13). The first-order valence-electron chi connectivity index (χ1n) is 3.80. The van der Waals surface area contributed by atoms with E-state index in [1.807, 2.05) is 0 Å². The highest BCUT2D eigenvalue weighted by Gasteiger charge is 2.31. The monoisotopic (exact) mass is 260 g/mol. The summed E-state index contributed by atoms with van der Waals surface area (Å²) in [5.41, 5.74) is 0. The zero-order chi connectivity index (χ0) is 11.0. The number of nitrogens with zero attached hydrogens (tertiary/aromatic N) is 2. The van der Waals surface area contributed by atoms with Gasteiger partial charge in [-0.3, -0.25) is 14.7 Å². The average molecular weight is 260 g/mol. The number of anilines is 1. The van der Waals surface area contributed by atoms with Crippen LogP contribution in [-0.4, -0.2) is 27.1 Å². The van der Waals surface area contributed by atoms with Crippen LogP contribution in [0.1, 0.15) is 6.42 Å². The van der Waals surface area contributed by atoms with E-state index in [4.69, 9.17) is 24.4 Å². The first-order valence-corrected chi connectivity index (χ1v) is 5.43. The second kappa shape index (κ2) is 3.76. The third-order valence-electron chi connectivity index (χ3n) is 1.63. The van der Waals surface area contributed by atoms with E-state index in [-0.39, 0.29) is 11.5 Å². The molecule has 1 aromatic heterocycles. The Hall–Kier alpha value is -1.19. The number of amides is 2. The van der Waals surface area contributed by atoms with Gasteiger partial charge in [0, 0.05) is 0 Å². The Balaban J connectivity index is 2.36. The molecule has 6 nitrogen and oxygen atoms in total. The van der Waals surface area contributed by atoms with Gasteiger partial charge in [-0.05, 0) is 24.4 Å². The lowest BCUT2D eigenvalue weighted by atomic mass is 10.3. The van der Waals surface area contributed by atoms with Crippen LogP contribution >= 0.6 is 35.8 Å². The molecule has 0 aromatic carbocycles. The zero-order valence-electron chi connectivity index (χ0n) is 7.14. The Kier molecular flexibility index (Phi) is 2.59. The predicted molar refractivity (Wildman–Crippen MR) is 60.1 cm³/mol. The van der Waals surface area contributed by atoms with Gasteiger partial charge in [-0.2, -0.15) is 0 Å². The largest absolute Gasteiger partial charge is 0.302 e. The molecule has 9 heteroatoms. The second-order valence-electron chi connectivity index (χ2n) is 2.65. The molecule has 78 valence electrons. The van der Waals surface area contributed by atoms with Gasteiger partial charge in [-0.1, -0.05) is 11.3 Å². The van der Waals surface area contributed by atoms with Gasteiger partial charge in [0.1, 0.15) is 6.42 Å². The smallest absolute Gasteiger partial charge is 0.244 e. The fraction of sp³-hybridized carbons (Fsp3) is 0.167. The summed E-state index contributed by atoms with van der Waals surface area (Å²) in [6, 6.07) is 0. The molecule has 1 saturated heterocycles. The Bertz CT molecular complexity index is 484. The highest BCUT2D eigenvalue weighted by Crippen LogP contribution is 2.20. The van der Waals surface area contributed by atoms with Crippen LogP contribution in [0.2, 0.25) is 0 Å². The molecule has 0 saturated carbocycles. The SMILES string of the molecule is O=C1CC(=O)N(c2n[nH]c(=S)s2)C(=S)N1. The molecule has 0 spiro atoms. The van der Waals surface area contributed by atoms with Gasteiger partial charge in [0.2, 0.25) is 16.9 Å². The van der Waals surface area contributed by atoms with E-state index >= 15 is 0 Å². The van der Waals surface area contributed by atoms with E-state index in [1.165, 1.54) is 0 Å². The molecule has 15 heavy (non-hydrogen) atoms. The fourth-order valence-electron chi connectivity index (χ4n) is 1.06. The van der Waals surface area contributed by atoms with Crippen molar-refractivity contribution in [2.75, 3.05) is 4.90 Å². The van der Waals surface area contributed by atoms with E-state index in [2.05, 4.69) is 15.5 Å². The number of thiocarbonyl (C=S) groups is 1. The van der Waals surface area contributed by atoms with Crippen molar-refractivity contribution in [2.45, 2.75) is 6.42 Å². The van der Waals surface area contributed by atoms with Crippen LogP contribution < -0.4 is 10.2 Å². The fourth-order valence-corrected chi connectivity index (χ4v) is 2.32. The van der Waals surface area contributed by atoms with E-state index in [0.29, 0.717) is 9.09 Å². The number of nitrogens with one attached hydrogen (secondary N) is 2. The lowest BCUT2D eigenvalue weighted by Gasteiger charge is -2.24. The molecule has 1 aliphatic rings. The van der Waals surface area contributed by atoms with Gasteiger partial charge in [0.25, 0.3) is 0 Å². The van der Waals surface area contributed by atoms with Crippen molar-refractivity contribution >= 4 is 57.8 Å². The molecule has 0 atom stereocenters. The van der Waals surface area contributed by atoms with Crippen molar-refractivity contribution in [1.29, 1.82) is 0 Å². The molecule has 2 amide bonds. The second-order valence-corrected chi connectivity index (χ2v) is 4.69. The summed E-state index contributed by atoms with van der Waals surface area (Å²) in [7, 11) is 0. The lowest BCUT2D eigenvalue weighted by Crippen LogP contribution is -2.52. The Labute approximate surface area is 98.3 Å². The molecule has 0 aliphatic carbocycles. The van der Waals surface area contributed by atoms with Gasteiger partial charge in [0.15, 0.2) is 9.07 Å². The third-order valence-corrected chi connectivity index (χ3v) is 2.99. The zero-order valence-corrected chi connectivity index (χ0v) is 9.59.